The van der Waals surface area contributed by atoms with E-state index in [1.807, 2.05) is 0 Å². The predicted octanol–water partition coefficient (Wildman–Crippen LogP) is 2.42. The summed E-state index contributed by atoms with van der Waals surface area (Å²) in [6.45, 7) is -0.192. The highest BCUT2D eigenvalue weighted by atomic mass is 32.2. The Morgan fingerprint density at radius 2 is 1.78 bits per heavy atom. The van der Waals surface area contributed by atoms with Gasteiger partial charge in [-0.3, -0.25) is 14.4 Å². The fourth-order valence-electron chi connectivity index (χ4n) is 4.46. The van der Waals surface area contributed by atoms with Crippen molar-refractivity contribution >= 4 is 38.3 Å². The van der Waals surface area contributed by atoms with E-state index in [-0.39, 0.29) is 37.0 Å². The standard InChI is InChI=1S/C25H28N4O6S/c30-23(18-5-1-2-6-18)26-19-11-9-17(10-12-19)14-16-36(34,35)22(25(32)33)13-15-29-24(31)20-7-3-4-8-21(20)27-28-29/h3-4,7-12,18,22H,1-2,5-6,13-16H2,(H,26,30)(H,32,33). The molecule has 11 heteroatoms. The van der Waals surface area contributed by atoms with Gasteiger partial charge >= 0.3 is 5.97 Å². The SMILES string of the molecule is O=C(Nc1ccc(CCS(=O)(=O)C(CCn2nnc3ccccc3c2=O)C(=O)O)cc1)C1CCCC1. The number of anilines is 1. The fourth-order valence-corrected chi connectivity index (χ4v) is 6.03. The second kappa shape index (κ2) is 11.0. The molecule has 1 saturated carbocycles. The third-order valence-corrected chi connectivity index (χ3v) is 8.64. The Morgan fingerprint density at radius 3 is 2.47 bits per heavy atom. The molecule has 1 fully saturated rings. The summed E-state index contributed by atoms with van der Waals surface area (Å²) in [7, 11) is -4.02. The van der Waals surface area contributed by atoms with Gasteiger partial charge in [0.15, 0.2) is 15.1 Å². The van der Waals surface area contributed by atoms with Gasteiger partial charge in [0, 0.05) is 18.2 Å². The van der Waals surface area contributed by atoms with Gasteiger partial charge in [0.1, 0.15) is 5.52 Å². The molecule has 36 heavy (non-hydrogen) atoms. The van der Waals surface area contributed by atoms with Crippen molar-refractivity contribution in [2.24, 2.45) is 5.92 Å². The first-order valence-electron chi connectivity index (χ1n) is 11.9. The maximum atomic E-state index is 12.9. The zero-order chi connectivity index (χ0) is 25.7. The molecule has 1 unspecified atom stereocenters. The second-order valence-corrected chi connectivity index (χ2v) is 11.3. The van der Waals surface area contributed by atoms with Crippen LogP contribution in [0.3, 0.4) is 0 Å². The predicted molar refractivity (Wildman–Crippen MR) is 134 cm³/mol. The van der Waals surface area contributed by atoms with E-state index >= 15 is 0 Å². The molecule has 1 atom stereocenters. The minimum Gasteiger partial charge on any atom is -0.480 e. The van der Waals surface area contributed by atoms with Crippen molar-refractivity contribution in [3.05, 3.63) is 64.4 Å². The summed E-state index contributed by atoms with van der Waals surface area (Å²) < 4.78 is 26.7. The van der Waals surface area contributed by atoms with Gasteiger partial charge in [0.2, 0.25) is 5.91 Å². The summed E-state index contributed by atoms with van der Waals surface area (Å²) in [5, 5.41) is 18.9. The largest absolute Gasteiger partial charge is 0.480 e. The molecule has 0 spiro atoms. The number of rotatable bonds is 10. The maximum absolute atomic E-state index is 12.9. The van der Waals surface area contributed by atoms with Crippen molar-refractivity contribution < 1.29 is 23.1 Å². The highest BCUT2D eigenvalue weighted by Crippen LogP contribution is 2.26. The number of aromatic nitrogens is 3. The molecule has 2 N–H and O–H groups in total. The second-order valence-electron chi connectivity index (χ2n) is 9.03. The van der Waals surface area contributed by atoms with Gasteiger partial charge in [-0.25, -0.2) is 13.1 Å². The topological polar surface area (TPSA) is 148 Å². The molecule has 1 amide bonds. The number of carbonyl (C=O) groups is 2. The molecule has 1 heterocycles. The Labute approximate surface area is 208 Å². The molecule has 0 radical (unpaired) electrons. The van der Waals surface area contributed by atoms with Crippen LogP contribution < -0.4 is 10.9 Å². The molecule has 190 valence electrons. The van der Waals surface area contributed by atoms with Crippen LogP contribution in [0.2, 0.25) is 0 Å². The van der Waals surface area contributed by atoms with Crippen molar-refractivity contribution in [1.29, 1.82) is 0 Å². The number of fused-ring (bicyclic) bond motifs is 1. The summed E-state index contributed by atoms with van der Waals surface area (Å²) in [5.74, 6) is -1.79. The molecule has 1 aromatic heterocycles. The van der Waals surface area contributed by atoms with Crippen molar-refractivity contribution in [1.82, 2.24) is 15.0 Å². The molecule has 4 rings (SSSR count). The summed E-state index contributed by atoms with van der Waals surface area (Å²) in [6.07, 6.45) is 3.74. The Kier molecular flexibility index (Phi) is 7.78. The zero-order valence-electron chi connectivity index (χ0n) is 19.7. The molecule has 0 saturated heterocycles. The average Bonchev–Trinajstić information content (AvgIpc) is 3.40. The van der Waals surface area contributed by atoms with Gasteiger partial charge in [-0.2, -0.15) is 0 Å². The number of sulfone groups is 1. The van der Waals surface area contributed by atoms with Crippen LogP contribution >= 0.6 is 0 Å². The average molecular weight is 513 g/mol. The molecule has 10 nitrogen and oxygen atoms in total. The number of amides is 1. The van der Waals surface area contributed by atoms with Crippen molar-refractivity contribution in [3.8, 4) is 0 Å². The van der Waals surface area contributed by atoms with Crippen LogP contribution in [0.1, 0.15) is 37.7 Å². The van der Waals surface area contributed by atoms with Gasteiger partial charge in [-0.05, 0) is 55.5 Å². The van der Waals surface area contributed by atoms with Crippen LogP contribution in [0.15, 0.2) is 53.3 Å². The van der Waals surface area contributed by atoms with Crippen molar-refractivity contribution in [3.63, 3.8) is 0 Å². The minimum absolute atomic E-state index is 0.00216. The zero-order valence-corrected chi connectivity index (χ0v) is 20.5. The summed E-state index contributed by atoms with van der Waals surface area (Å²) in [4.78, 5) is 36.6. The number of carboxylic acids is 1. The number of nitrogens with zero attached hydrogens (tertiary/aromatic N) is 3. The fraction of sp³-hybridized carbons (Fsp3) is 0.400. The van der Waals surface area contributed by atoms with Crippen molar-refractivity contribution in [2.75, 3.05) is 11.1 Å². The number of carbonyl (C=O) groups excluding carboxylic acids is 1. The quantitative estimate of drug-likeness (QED) is 0.421. The van der Waals surface area contributed by atoms with Gasteiger partial charge in [0.25, 0.3) is 5.56 Å². The molecule has 1 aliphatic carbocycles. The highest BCUT2D eigenvalue weighted by Gasteiger charge is 2.32. The Balaban J connectivity index is 1.37. The van der Waals surface area contributed by atoms with Crippen LogP contribution in [0.5, 0.6) is 0 Å². The van der Waals surface area contributed by atoms with E-state index in [0.29, 0.717) is 22.2 Å². The first-order valence-corrected chi connectivity index (χ1v) is 13.6. The third-order valence-electron chi connectivity index (χ3n) is 6.56. The smallest absolute Gasteiger partial charge is 0.321 e. The Hall–Kier alpha value is -3.60. The number of carboxylic acid groups (broad SMARTS) is 1. The van der Waals surface area contributed by atoms with Crippen LogP contribution in [-0.2, 0) is 32.4 Å². The molecule has 2 aromatic carbocycles. The first kappa shape index (κ1) is 25.5. The minimum atomic E-state index is -4.02. The number of aryl methyl sites for hydroxylation is 2. The molecular weight excluding hydrogens is 484 g/mol. The van der Waals surface area contributed by atoms with Crippen molar-refractivity contribution in [2.45, 2.75) is 50.3 Å². The highest BCUT2D eigenvalue weighted by molar-refractivity contribution is 7.92. The number of hydrogen-bond acceptors (Lipinski definition) is 7. The van der Waals surface area contributed by atoms with Crippen LogP contribution in [0.25, 0.3) is 10.9 Å². The van der Waals surface area contributed by atoms with E-state index in [9.17, 15) is 27.9 Å². The van der Waals surface area contributed by atoms with Gasteiger partial charge in [0.05, 0.1) is 11.1 Å². The lowest BCUT2D eigenvalue weighted by Gasteiger charge is -2.14. The van der Waals surface area contributed by atoms with Gasteiger partial charge in [-0.15, -0.1) is 5.10 Å². The van der Waals surface area contributed by atoms with E-state index < -0.39 is 26.6 Å². The van der Waals surface area contributed by atoms with E-state index in [2.05, 4.69) is 15.6 Å². The normalized spacial score (nSPS) is 15.1. The number of nitrogens with one attached hydrogen (secondary N) is 1. The summed E-state index contributed by atoms with van der Waals surface area (Å²) in [6, 6.07) is 13.5. The van der Waals surface area contributed by atoms with E-state index in [0.717, 1.165) is 30.4 Å². The molecule has 3 aromatic rings. The van der Waals surface area contributed by atoms with E-state index in [4.69, 9.17) is 0 Å². The van der Waals surface area contributed by atoms with Crippen LogP contribution in [0, 0.1) is 5.92 Å². The van der Waals surface area contributed by atoms with Crippen LogP contribution in [0.4, 0.5) is 5.69 Å². The molecule has 0 aliphatic heterocycles. The first-order chi connectivity index (χ1) is 17.2. The van der Waals surface area contributed by atoms with E-state index in [1.165, 1.54) is 0 Å². The number of benzene rings is 2. The summed E-state index contributed by atoms with van der Waals surface area (Å²) in [5.41, 5.74) is 1.30. The third kappa shape index (κ3) is 5.96. The molecule has 1 aliphatic rings. The molecule has 0 bridgehead atoms. The number of aliphatic carboxylic acids is 1. The Morgan fingerprint density at radius 1 is 1.08 bits per heavy atom. The van der Waals surface area contributed by atoms with Gasteiger partial charge < -0.3 is 10.4 Å². The maximum Gasteiger partial charge on any atom is 0.321 e. The van der Waals surface area contributed by atoms with E-state index in [1.54, 1.807) is 48.5 Å². The summed E-state index contributed by atoms with van der Waals surface area (Å²) >= 11 is 0. The van der Waals surface area contributed by atoms with Crippen LogP contribution in [-0.4, -0.2) is 51.4 Å². The monoisotopic (exact) mass is 512 g/mol. The van der Waals surface area contributed by atoms with Gasteiger partial charge in [-0.1, -0.05) is 42.3 Å². The lowest BCUT2D eigenvalue weighted by molar-refractivity contribution is -0.136. The number of hydrogen-bond donors (Lipinski definition) is 2. The lowest BCUT2D eigenvalue weighted by atomic mass is 10.1. The lowest BCUT2D eigenvalue weighted by Crippen LogP contribution is -2.35. The molecular formula is C25H28N4O6S. The Bertz CT molecular complexity index is 1410.